The Morgan fingerprint density at radius 3 is 1.10 bits per heavy atom. The largest absolute Gasteiger partial charge is 0.119 e. The van der Waals surface area contributed by atoms with E-state index >= 15 is 0 Å². The topological polar surface area (TPSA) is 0 Å². The van der Waals surface area contributed by atoms with E-state index in [-0.39, 0.29) is 4.87 Å². The van der Waals surface area contributed by atoms with Crippen molar-refractivity contribution in [3.05, 3.63) is 0 Å². The molecule has 0 spiro atoms. The number of halogens is 1. The zero-order chi connectivity index (χ0) is 23.0. The van der Waals surface area contributed by atoms with Crippen LogP contribution in [0, 0.1) is 5.92 Å². The summed E-state index contributed by atoms with van der Waals surface area (Å²) < 4.78 is 0. The fraction of sp³-hybridized carbons (Fsp3) is 1.00. The van der Waals surface area contributed by atoms with E-state index in [4.69, 9.17) is 11.6 Å². The third-order valence-electron chi connectivity index (χ3n) is 7.52. The van der Waals surface area contributed by atoms with Gasteiger partial charge in [-0.05, 0) is 25.2 Å². The minimum Gasteiger partial charge on any atom is -0.119 e. The summed E-state index contributed by atoms with van der Waals surface area (Å²) in [6.07, 6.45) is 33.2. The van der Waals surface area contributed by atoms with E-state index in [2.05, 4.69) is 27.7 Å². The summed E-state index contributed by atoms with van der Waals surface area (Å²) >= 11 is 7.40. The predicted molar refractivity (Wildman–Crippen MR) is 146 cm³/mol. The van der Waals surface area contributed by atoms with E-state index in [0.717, 1.165) is 0 Å². The first-order chi connectivity index (χ1) is 15.1. The Bertz CT molecular complexity index is 319. The molecule has 188 valence electrons. The van der Waals surface area contributed by atoms with Crippen LogP contribution in [0.4, 0.5) is 0 Å². The zero-order valence-corrected chi connectivity index (χ0v) is 23.2. The molecule has 0 aliphatic rings. The van der Waals surface area contributed by atoms with Gasteiger partial charge in [0.2, 0.25) is 0 Å². The molecular formula is C30H61Cl. The van der Waals surface area contributed by atoms with Gasteiger partial charge < -0.3 is 0 Å². The molecule has 1 unspecified atom stereocenters. The van der Waals surface area contributed by atoms with Crippen LogP contribution in [0.5, 0.6) is 0 Å². The predicted octanol–water partition coefficient (Wildman–Crippen LogP) is 12.0. The Balaban J connectivity index is 4.25. The normalized spacial score (nSPS) is 13.1. The molecule has 0 aliphatic carbocycles. The molecule has 0 rings (SSSR count). The van der Waals surface area contributed by atoms with Crippen molar-refractivity contribution >= 4 is 11.6 Å². The molecule has 1 heteroatoms. The summed E-state index contributed by atoms with van der Waals surface area (Å²) in [4.78, 5) is 0.0645. The first kappa shape index (κ1) is 31.3. The summed E-state index contributed by atoms with van der Waals surface area (Å²) in [5, 5.41) is 0. The van der Waals surface area contributed by atoms with Crippen molar-refractivity contribution in [2.75, 3.05) is 0 Å². The van der Waals surface area contributed by atoms with Crippen LogP contribution in [0.2, 0.25) is 0 Å². The molecule has 0 radical (unpaired) electrons. The minimum absolute atomic E-state index is 0.0645. The van der Waals surface area contributed by atoms with Gasteiger partial charge in [-0.2, -0.15) is 0 Å². The quantitative estimate of drug-likeness (QED) is 0.0945. The van der Waals surface area contributed by atoms with Crippen LogP contribution < -0.4 is 0 Å². The summed E-state index contributed by atoms with van der Waals surface area (Å²) in [5.41, 5.74) is 0. The van der Waals surface area contributed by atoms with Crippen molar-refractivity contribution in [1.82, 2.24) is 0 Å². The van der Waals surface area contributed by atoms with E-state index in [1.807, 2.05) is 0 Å². The first-order valence-electron chi connectivity index (χ1n) is 14.8. The molecule has 0 aliphatic heterocycles. The molecule has 0 amide bonds. The fourth-order valence-electron chi connectivity index (χ4n) is 5.04. The molecule has 0 fully saturated rings. The van der Waals surface area contributed by atoms with Crippen LogP contribution in [0.3, 0.4) is 0 Å². The highest BCUT2D eigenvalue weighted by Crippen LogP contribution is 2.39. The van der Waals surface area contributed by atoms with Gasteiger partial charge in [0.15, 0.2) is 0 Å². The minimum atomic E-state index is 0.0645. The summed E-state index contributed by atoms with van der Waals surface area (Å²) in [6.45, 7) is 9.38. The van der Waals surface area contributed by atoms with E-state index in [1.54, 1.807) is 0 Å². The van der Waals surface area contributed by atoms with Gasteiger partial charge in [-0.25, -0.2) is 0 Å². The average molecular weight is 457 g/mol. The van der Waals surface area contributed by atoms with Crippen molar-refractivity contribution in [3.8, 4) is 0 Å². The van der Waals surface area contributed by atoms with Gasteiger partial charge >= 0.3 is 0 Å². The van der Waals surface area contributed by atoms with Crippen LogP contribution in [0.25, 0.3) is 0 Å². The third kappa shape index (κ3) is 19.5. The second-order valence-electron chi connectivity index (χ2n) is 10.6. The Hall–Kier alpha value is 0.290. The molecule has 0 saturated carbocycles. The molecule has 0 nitrogen and oxygen atoms in total. The summed E-state index contributed by atoms with van der Waals surface area (Å²) in [7, 11) is 0. The van der Waals surface area contributed by atoms with E-state index in [9.17, 15) is 0 Å². The van der Waals surface area contributed by atoms with E-state index in [0.29, 0.717) is 5.92 Å². The molecule has 0 bridgehead atoms. The molecule has 0 aromatic rings. The maximum Gasteiger partial charge on any atom is 0.0472 e. The first-order valence-corrected chi connectivity index (χ1v) is 15.2. The number of unbranched alkanes of at least 4 members (excludes halogenated alkanes) is 18. The summed E-state index contributed by atoms with van der Waals surface area (Å²) in [5.74, 6) is 0.671. The molecule has 0 saturated heterocycles. The Morgan fingerprint density at radius 2 is 0.742 bits per heavy atom. The standard InChI is InChI=1S/C30H61Cl/c1-5-8-11-14-17-20-23-26-29(4)30(31,27-24-21-18-15-12-9-6-2)28-25-22-19-16-13-10-7-3/h29H,5-28H2,1-4H3. The van der Waals surface area contributed by atoms with Crippen molar-refractivity contribution in [2.45, 2.75) is 187 Å². The van der Waals surface area contributed by atoms with Crippen LogP contribution >= 0.6 is 11.6 Å². The lowest BCUT2D eigenvalue weighted by Crippen LogP contribution is -2.30. The second kappa shape index (κ2) is 23.4. The summed E-state index contributed by atoms with van der Waals surface area (Å²) in [6, 6.07) is 0. The van der Waals surface area contributed by atoms with E-state index < -0.39 is 0 Å². The van der Waals surface area contributed by atoms with Gasteiger partial charge in [0.05, 0.1) is 0 Å². The molecule has 0 aromatic heterocycles. The van der Waals surface area contributed by atoms with Gasteiger partial charge in [-0.1, -0.05) is 163 Å². The number of rotatable bonds is 25. The fourth-order valence-corrected chi connectivity index (χ4v) is 5.41. The van der Waals surface area contributed by atoms with E-state index in [1.165, 1.54) is 154 Å². The maximum absolute atomic E-state index is 7.40. The Morgan fingerprint density at radius 1 is 0.452 bits per heavy atom. The molecular weight excluding hydrogens is 396 g/mol. The molecule has 0 aromatic carbocycles. The zero-order valence-electron chi connectivity index (χ0n) is 22.4. The number of hydrogen-bond acceptors (Lipinski definition) is 0. The smallest absolute Gasteiger partial charge is 0.0472 e. The lowest BCUT2D eigenvalue weighted by atomic mass is 9.81. The molecule has 31 heavy (non-hydrogen) atoms. The number of alkyl halides is 1. The monoisotopic (exact) mass is 456 g/mol. The van der Waals surface area contributed by atoms with Crippen molar-refractivity contribution in [1.29, 1.82) is 0 Å². The van der Waals surface area contributed by atoms with Gasteiger partial charge in [-0.15, -0.1) is 11.6 Å². The Labute approximate surface area is 204 Å². The van der Waals surface area contributed by atoms with Crippen molar-refractivity contribution in [3.63, 3.8) is 0 Å². The van der Waals surface area contributed by atoms with Gasteiger partial charge in [0.25, 0.3) is 0 Å². The molecule has 1 atom stereocenters. The highest BCUT2D eigenvalue weighted by molar-refractivity contribution is 6.24. The third-order valence-corrected chi connectivity index (χ3v) is 8.27. The number of hydrogen-bond donors (Lipinski definition) is 0. The highest BCUT2D eigenvalue weighted by Gasteiger charge is 2.32. The van der Waals surface area contributed by atoms with Crippen molar-refractivity contribution in [2.24, 2.45) is 5.92 Å². The van der Waals surface area contributed by atoms with Gasteiger partial charge in [0.1, 0.15) is 0 Å². The molecule has 0 heterocycles. The van der Waals surface area contributed by atoms with Crippen LogP contribution in [-0.4, -0.2) is 4.87 Å². The lowest BCUT2D eigenvalue weighted by molar-refractivity contribution is 0.304. The SMILES string of the molecule is CCCCCCCCCC(C)C(Cl)(CCCCCCCCC)CCCCCCCCC. The van der Waals surface area contributed by atoms with Crippen LogP contribution in [-0.2, 0) is 0 Å². The molecule has 0 N–H and O–H groups in total. The van der Waals surface area contributed by atoms with Gasteiger partial charge in [0, 0.05) is 4.87 Å². The van der Waals surface area contributed by atoms with Crippen LogP contribution in [0.15, 0.2) is 0 Å². The lowest BCUT2D eigenvalue weighted by Gasteiger charge is -2.34. The maximum atomic E-state index is 7.40. The van der Waals surface area contributed by atoms with Crippen molar-refractivity contribution < 1.29 is 0 Å². The van der Waals surface area contributed by atoms with Gasteiger partial charge in [-0.3, -0.25) is 0 Å². The Kier molecular flexibility index (Phi) is 23.7. The van der Waals surface area contributed by atoms with Crippen LogP contribution in [0.1, 0.15) is 182 Å². The average Bonchev–Trinajstić information content (AvgIpc) is 2.77. The highest BCUT2D eigenvalue weighted by atomic mass is 35.5. The second-order valence-corrected chi connectivity index (χ2v) is 11.3.